The summed E-state index contributed by atoms with van der Waals surface area (Å²) in [5.41, 5.74) is 1.06. The van der Waals surface area contributed by atoms with Gasteiger partial charge in [0.1, 0.15) is 0 Å². The smallest absolute Gasteiger partial charge is 0.221 e. The number of carbonyl (C=O) groups excluding carboxylic acids is 1. The summed E-state index contributed by atoms with van der Waals surface area (Å²) < 4.78 is 0. The highest BCUT2D eigenvalue weighted by Gasteiger charge is 2.01. The summed E-state index contributed by atoms with van der Waals surface area (Å²) in [7, 11) is 1.84. The minimum Gasteiger partial charge on any atom is -0.356 e. The van der Waals surface area contributed by atoms with E-state index < -0.39 is 0 Å². The van der Waals surface area contributed by atoms with Crippen molar-refractivity contribution in [3.63, 3.8) is 0 Å². The Hall–Kier alpha value is -0.360. The minimum absolute atomic E-state index is 0. The molecule has 0 spiro atoms. The van der Waals surface area contributed by atoms with Gasteiger partial charge in [0.25, 0.3) is 0 Å². The molecule has 1 heterocycles. The fourth-order valence-electron chi connectivity index (χ4n) is 1.18. The van der Waals surface area contributed by atoms with Crippen molar-refractivity contribution in [3.05, 3.63) is 16.1 Å². The lowest BCUT2D eigenvalue weighted by atomic mass is 10.3. The van der Waals surface area contributed by atoms with Gasteiger partial charge >= 0.3 is 0 Å². The molecule has 2 N–H and O–H groups in total. The van der Waals surface area contributed by atoms with Crippen LogP contribution in [-0.2, 0) is 11.2 Å². The molecule has 0 aliphatic heterocycles. The Labute approximate surface area is 118 Å². The van der Waals surface area contributed by atoms with Crippen LogP contribution in [0.5, 0.6) is 0 Å². The molecule has 0 saturated carbocycles. The Balaban J connectivity index is 0. The monoisotopic (exact) mass is 299 g/mol. The third-order valence-corrected chi connectivity index (χ3v) is 2.79. The zero-order valence-corrected chi connectivity index (χ0v) is 12.4. The lowest BCUT2D eigenvalue weighted by Crippen LogP contribution is -2.28. The number of rotatable bonds is 6. The largest absolute Gasteiger partial charge is 0.356 e. The van der Waals surface area contributed by atoms with E-state index in [2.05, 4.69) is 15.6 Å². The Morgan fingerprint density at radius 3 is 2.65 bits per heavy atom. The van der Waals surface area contributed by atoms with Gasteiger partial charge in [0.2, 0.25) is 5.91 Å². The first-order valence-electron chi connectivity index (χ1n) is 5.04. The first kappa shape index (κ1) is 19.0. The van der Waals surface area contributed by atoms with Gasteiger partial charge in [-0.05, 0) is 14.0 Å². The van der Waals surface area contributed by atoms with Crippen LogP contribution in [0, 0.1) is 6.92 Å². The van der Waals surface area contributed by atoms with E-state index >= 15 is 0 Å². The van der Waals surface area contributed by atoms with E-state index in [9.17, 15) is 4.79 Å². The molecule has 17 heavy (non-hydrogen) atoms. The van der Waals surface area contributed by atoms with Crippen molar-refractivity contribution in [2.45, 2.75) is 19.8 Å². The first-order chi connectivity index (χ1) is 7.22. The maximum absolute atomic E-state index is 11.2. The van der Waals surface area contributed by atoms with Crippen LogP contribution >= 0.6 is 36.2 Å². The van der Waals surface area contributed by atoms with Gasteiger partial charge in [-0.1, -0.05) is 0 Å². The average Bonchev–Trinajstić information content (AvgIpc) is 2.61. The molecule has 1 rings (SSSR count). The topological polar surface area (TPSA) is 54.0 Å². The Morgan fingerprint density at radius 2 is 2.12 bits per heavy atom. The lowest BCUT2D eigenvalue weighted by Gasteiger charge is -2.03. The second-order valence-corrected chi connectivity index (χ2v) is 4.37. The van der Waals surface area contributed by atoms with E-state index in [0.717, 1.165) is 23.7 Å². The molecule has 1 aromatic heterocycles. The molecule has 0 saturated heterocycles. The highest BCUT2D eigenvalue weighted by atomic mass is 35.5. The number of nitrogens with one attached hydrogen (secondary N) is 2. The molecule has 0 radical (unpaired) electrons. The van der Waals surface area contributed by atoms with E-state index in [4.69, 9.17) is 0 Å². The number of carbonyl (C=O) groups is 1. The fourth-order valence-corrected chi connectivity index (χ4v) is 1.83. The summed E-state index contributed by atoms with van der Waals surface area (Å²) in [5.74, 6) is 0.0938. The molecular formula is C10H19Cl2N3OS. The Morgan fingerprint density at radius 1 is 1.41 bits per heavy atom. The van der Waals surface area contributed by atoms with Crippen LogP contribution in [-0.4, -0.2) is 31.0 Å². The normalized spacial score (nSPS) is 9.06. The zero-order valence-electron chi connectivity index (χ0n) is 9.99. The van der Waals surface area contributed by atoms with Crippen LogP contribution < -0.4 is 10.6 Å². The van der Waals surface area contributed by atoms with Gasteiger partial charge in [-0.25, -0.2) is 4.98 Å². The molecule has 1 aromatic rings. The summed E-state index contributed by atoms with van der Waals surface area (Å²) in [6.07, 6.45) is 1.35. The summed E-state index contributed by atoms with van der Waals surface area (Å²) in [6.45, 7) is 3.38. The van der Waals surface area contributed by atoms with Gasteiger partial charge in [-0.15, -0.1) is 36.2 Å². The number of hydrogen-bond donors (Lipinski definition) is 2. The second-order valence-electron chi connectivity index (χ2n) is 3.31. The van der Waals surface area contributed by atoms with Crippen LogP contribution in [0.15, 0.2) is 5.38 Å². The van der Waals surface area contributed by atoms with Gasteiger partial charge in [0.15, 0.2) is 0 Å². The molecule has 0 fully saturated rings. The molecule has 0 aromatic carbocycles. The van der Waals surface area contributed by atoms with E-state index in [1.165, 1.54) is 0 Å². The predicted octanol–water partition coefficient (Wildman–Crippen LogP) is 1.56. The Kier molecular flexibility index (Phi) is 12.0. The summed E-state index contributed by atoms with van der Waals surface area (Å²) in [6, 6.07) is 0. The predicted molar refractivity (Wildman–Crippen MR) is 76.6 cm³/mol. The minimum atomic E-state index is 0. The van der Waals surface area contributed by atoms with Crippen LogP contribution in [0.3, 0.4) is 0 Å². The van der Waals surface area contributed by atoms with Crippen LogP contribution in [0.1, 0.15) is 17.1 Å². The molecule has 0 unspecified atom stereocenters. The van der Waals surface area contributed by atoms with Crippen molar-refractivity contribution in [2.24, 2.45) is 0 Å². The molecule has 0 atom stereocenters. The molecule has 0 aliphatic rings. The first-order valence-corrected chi connectivity index (χ1v) is 5.92. The van der Waals surface area contributed by atoms with Crippen LogP contribution in [0.25, 0.3) is 0 Å². The standard InChI is InChI=1S/C10H17N3OS.2ClH/c1-8-13-9(7-15-8)3-6-12-10(14)4-5-11-2;;/h7,11H,3-6H2,1-2H3,(H,12,14);2*1H. The highest BCUT2D eigenvalue weighted by molar-refractivity contribution is 7.09. The lowest BCUT2D eigenvalue weighted by molar-refractivity contribution is -0.120. The van der Waals surface area contributed by atoms with E-state index in [-0.39, 0.29) is 30.7 Å². The number of hydrogen-bond acceptors (Lipinski definition) is 4. The number of aryl methyl sites for hydroxylation is 1. The quantitative estimate of drug-likeness (QED) is 0.838. The van der Waals surface area contributed by atoms with Gasteiger partial charge in [-0.3, -0.25) is 4.79 Å². The van der Waals surface area contributed by atoms with Crippen molar-refractivity contribution >= 4 is 42.1 Å². The molecule has 1 amide bonds. The second kappa shape index (κ2) is 10.8. The summed E-state index contributed by atoms with van der Waals surface area (Å²) >= 11 is 1.64. The van der Waals surface area contributed by atoms with Crippen molar-refractivity contribution in [1.29, 1.82) is 0 Å². The third-order valence-electron chi connectivity index (χ3n) is 1.97. The third kappa shape index (κ3) is 8.37. The van der Waals surface area contributed by atoms with E-state index in [1.807, 2.05) is 19.4 Å². The molecule has 0 bridgehead atoms. The molecule has 0 aliphatic carbocycles. The number of halogens is 2. The van der Waals surface area contributed by atoms with Gasteiger partial charge in [-0.2, -0.15) is 0 Å². The summed E-state index contributed by atoms with van der Waals surface area (Å²) in [4.78, 5) is 15.6. The van der Waals surface area contributed by atoms with Crippen LogP contribution in [0.2, 0.25) is 0 Å². The Bertz CT molecular complexity index is 320. The van der Waals surface area contributed by atoms with Gasteiger partial charge in [0, 0.05) is 31.3 Å². The maximum atomic E-state index is 11.2. The number of aromatic nitrogens is 1. The van der Waals surface area contributed by atoms with E-state index in [0.29, 0.717) is 13.0 Å². The van der Waals surface area contributed by atoms with Crippen molar-refractivity contribution in [1.82, 2.24) is 15.6 Å². The zero-order chi connectivity index (χ0) is 11.1. The van der Waals surface area contributed by atoms with Crippen molar-refractivity contribution in [3.8, 4) is 0 Å². The molecule has 100 valence electrons. The average molecular weight is 300 g/mol. The van der Waals surface area contributed by atoms with Crippen molar-refractivity contribution in [2.75, 3.05) is 20.1 Å². The molecule has 4 nitrogen and oxygen atoms in total. The van der Waals surface area contributed by atoms with Gasteiger partial charge < -0.3 is 10.6 Å². The highest BCUT2D eigenvalue weighted by Crippen LogP contribution is 2.07. The van der Waals surface area contributed by atoms with Crippen molar-refractivity contribution < 1.29 is 4.79 Å². The number of amides is 1. The van der Waals surface area contributed by atoms with E-state index in [1.54, 1.807) is 11.3 Å². The van der Waals surface area contributed by atoms with Gasteiger partial charge in [0.05, 0.1) is 10.7 Å². The molecule has 7 heteroatoms. The number of nitrogens with zero attached hydrogens (tertiary/aromatic N) is 1. The molecular weight excluding hydrogens is 281 g/mol. The fraction of sp³-hybridized carbons (Fsp3) is 0.600. The summed E-state index contributed by atoms with van der Waals surface area (Å²) in [5, 5.41) is 8.91. The maximum Gasteiger partial charge on any atom is 0.221 e. The van der Waals surface area contributed by atoms with Crippen LogP contribution in [0.4, 0.5) is 0 Å². The SMILES string of the molecule is CNCCC(=O)NCCc1csc(C)n1.Cl.Cl. The number of thiazole rings is 1.